The van der Waals surface area contributed by atoms with Gasteiger partial charge in [0, 0.05) is 10.7 Å². The molecule has 2 rings (SSSR count). The molecule has 0 spiro atoms. The summed E-state index contributed by atoms with van der Waals surface area (Å²) < 4.78 is 2.77. The molecule has 16 heavy (non-hydrogen) atoms. The number of rotatable bonds is 2. The fourth-order valence-electron chi connectivity index (χ4n) is 1.68. The van der Waals surface area contributed by atoms with Crippen molar-refractivity contribution in [3.8, 4) is 0 Å². The van der Waals surface area contributed by atoms with Gasteiger partial charge in [-0.3, -0.25) is 4.79 Å². The van der Waals surface area contributed by atoms with Gasteiger partial charge in [0.1, 0.15) is 5.65 Å². The highest BCUT2D eigenvalue weighted by Crippen LogP contribution is 2.20. The van der Waals surface area contributed by atoms with Crippen molar-refractivity contribution in [1.29, 1.82) is 0 Å². The van der Waals surface area contributed by atoms with Crippen LogP contribution in [0.1, 0.15) is 17.0 Å². The predicted molar refractivity (Wildman–Crippen MR) is 63.7 cm³/mol. The Morgan fingerprint density at radius 1 is 1.56 bits per heavy atom. The Bertz CT molecular complexity index is 575. The summed E-state index contributed by atoms with van der Waals surface area (Å²) in [4.78, 5) is 15.1. The van der Waals surface area contributed by atoms with Crippen molar-refractivity contribution in [1.82, 2.24) is 9.38 Å². The predicted octanol–water partition coefficient (Wildman–Crippen LogP) is 2.34. The minimum atomic E-state index is -0.846. The zero-order chi connectivity index (χ0) is 11.9. The van der Waals surface area contributed by atoms with Gasteiger partial charge >= 0.3 is 5.97 Å². The minimum absolute atomic E-state index is 0.0114. The van der Waals surface area contributed by atoms with Gasteiger partial charge in [0.2, 0.25) is 0 Å². The van der Waals surface area contributed by atoms with Crippen molar-refractivity contribution >= 4 is 27.5 Å². The first-order valence-corrected chi connectivity index (χ1v) is 5.64. The molecule has 0 fully saturated rings. The number of pyridine rings is 1. The first-order valence-electron chi connectivity index (χ1n) is 4.84. The molecule has 4 nitrogen and oxygen atoms in total. The Hall–Kier alpha value is -1.36. The third kappa shape index (κ3) is 1.82. The number of imidazole rings is 1. The summed E-state index contributed by atoms with van der Waals surface area (Å²) in [5, 5.41) is 8.84. The summed E-state index contributed by atoms with van der Waals surface area (Å²) in [5.74, 6) is -0.846. The van der Waals surface area contributed by atoms with E-state index in [-0.39, 0.29) is 6.42 Å². The molecular formula is C11H11BrN2O2. The standard InChI is InChI=1S/C11H11BrN2O2/c1-6-3-10-13-7(2)9(4-11(15)16)14(10)5-8(6)12/h3,5H,4H2,1-2H3,(H,15,16). The van der Waals surface area contributed by atoms with E-state index in [9.17, 15) is 4.79 Å². The third-order valence-corrected chi connectivity index (χ3v) is 3.35. The highest BCUT2D eigenvalue weighted by Gasteiger charge is 2.12. The van der Waals surface area contributed by atoms with E-state index in [1.807, 2.05) is 30.5 Å². The van der Waals surface area contributed by atoms with Gasteiger partial charge in [-0.15, -0.1) is 0 Å². The van der Waals surface area contributed by atoms with Crippen LogP contribution in [0.15, 0.2) is 16.7 Å². The molecule has 2 heterocycles. The van der Waals surface area contributed by atoms with Crippen molar-refractivity contribution in [3.63, 3.8) is 0 Å². The Kier molecular flexibility index (Phi) is 2.71. The first-order chi connectivity index (χ1) is 7.49. The molecule has 0 aliphatic rings. The van der Waals surface area contributed by atoms with E-state index in [4.69, 9.17) is 5.11 Å². The van der Waals surface area contributed by atoms with Gasteiger partial charge in [0.15, 0.2) is 0 Å². The van der Waals surface area contributed by atoms with E-state index >= 15 is 0 Å². The Balaban J connectivity index is 2.68. The second-order valence-electron chi connectivity index (χ2n) is 3.75. The molecular weight excluding hydrogens is 272 g/mol. The Labute approximate surface area is 101 Å². The summed E-state index contributed by atoms with van der Waals surface area (Å²) in [6, 6.07) is 1.93. The van der Waals surface area contributed by atoms with Crippen LogP contribution >= 0.6 is 15.9 Å². The fraction of sp³-hybridized carbons (Fsp3) is 0.273. The van der Waals surface area contributed by atoms with Crippen molar-refractivity contribution < 1.29 is 9.90 Å². The number of carboxylic acid groups (broad SMARTS) is 1. The van der Waals surface area contributed by atoms with Crippen molar-refractivity contribution in [2.45, 2.75) is 20.3 Å². The molecule has 2 aromatic rings. The summed E-state index contributed by atoms with van der Waals surface area (Å²) in [6.07, 6.45) is 1.85. The van der Waals surface area contributed by atoms with Crippen LogP contribution in [0.4, 0.5) is 0 Å². The average Bonchev–Trinajstić information content (AvgIpc) is 2.45. The van der Waals surface area contributed by atoms with E-state index in [1.165, 1.54) is 0 Å². The molecule has 0 aliphatic heterocycles. The second-order valence-corrected chi connectivity index (χ2v) is 4.60. The van der Waals surface area contributed by atoms with Crippen LogP contribution < -0.4 is 0 Å². The highest BCUT2D eigenvalue weighted by molar-refractivity contribution is 9.10. The van der Waals surface area contributed by atoms with Gasteiger partial charge in [-0.2, -0.15) is 0 Å². The fourth-order valence-corrected chi connectivity index (χ4v) is 2.00. The molecule has 0 bridgehead atoms. The van der Waals surface area contributed by atoms with Gasteiger partial charge in [-0.25, -0.2) is 4.98 Å². The molecule has 0 saturated heterocycles. The van der Waals surface area contributed by atoms with Crippen LogP contribution in [0.25, 0.3) is 5.65 Å². The van der Waals surface area contributed by atoms with Crippen molar-refractivity contribution in [2.24, 2.45) is 0 Å². The first kappa shape index (κ1) is 11.1. The Morgan fingerprint density at radius 2 is 2.25 bits per heavy atom. The normalized spacial score (nSPS) is 10.9. The van der Waals surface area contributed by atoms with Crippen LogP contribution in [0.2, 0.25) is 0 Å². The summed E-state index contributed by atoms with van der Waals surface area (Å²) in [6.45, 7) is 3.81. The van der Waals surface area contributed by atoms with Gasteiger partial charge in [-0.05, 0) is 41.4 Å². The smallest absolute Gasteiger partial charge is 0.309 e. The molecule has 84 valence electrons. The largest absolute Gasteiger partial charge is 0.481 e. The number of carbonyl (C=O) groups is 1. The molecule has 0 saturated carbocycles. The molecule has 0 aromatic carbocycles. The Morgan fingerprint density at radius 3 is 2.88 bits per heavy atom. The molecule has 0 atom stereocenters. The van der Waals surface area contributed by atoms with E-state index in [0.29, 0.717) is 0 Å². The number of aryl methyl sites for hydroxylation is 2. The van der Waals surface area contributed by atoms with Crippen LogP contribution in [-0.2, 0) is 11.2 Å². The van der Waals surface area contributed by atoms with Crippen LogP contribution in [0.5, 0.6) is 0 Å². The maximum atomic E-state index is 10.8. The summed E-state index contributed by atoms with van der Waals surface area (Å²) in [5.41, 5.74) is 3.36. The molecule has 2 aromatic heterocycles. The lowest BCUT2D eigenvalue weighted by Crippen LogP contribution is -2.04. The van der Waals surface area contributed by atoms with Gasteiger partial charge < -0.3 is 9.51 Å². The molecule has 1 N–H and O–H groups in total. The number of carboxylic acids is 1. The van der Waals surface area contributed by atoms with Crippen molar-refractivity contribution in [3.05, 3.63) is 33.7 Å². The number of nitrogens with zero attached hydrogens (tertiary/aromatic N) is 2. The number of hydrogen-bond acceptors (Lipinski definition) is 2. The quantitative estimate of drug-likeness (QED) is 0.920. The summed E-state index contributed by atoms with van der Waals surface area (Å²) in [7, 11) is 0. The van der Waals surface area contributed by atoms with Crippen molar-refractivity contribution in [2.75, 3.05) is 0 Å². The third-order valence-electron chi connectivity index (χ3n) is 2.52. The zero-order valence-corrected chi connectivity index (χ0v) is 10.6. The number of hydrogen-bond donors (Lipinski definition) is 1. The summed E-state index contributed by atoms with van der Waals surface area (Å²) >= 11 is 3.43. The zero-order valence-electron chi connectivity index (χ0n) is 8.99. The lowest BCUT2D eigenvalue weighted by Gasteiger charge is -2.02. The maximum absolute atomic E-state index is 10.8. The van der Waals surface area contributed by atoms with E-state index in [1.54, 1.807) is 0 Å². The number of halogens is 1. The molecule has 0 radical (unpaired) electrons. The lowest BCUT2D eigenvalue weighted by molar-refractivity contribution is -0.136. The number of aromatic nitrogens is 2. The van der Waals surface area contributed by atoms with E-state index in [2.05, 4.69) is 20.9 Å². The van der Waals surface area contributed by atoms with Gasteiger partial charge in [-0.1, -0.05) is 0 Å². The van der Waals surface area contributed by atoms with E-state index in [0.717, 1.165) is 27.1 Å². The minimum Gasteiger partial charge on any atom is -0.481 e. The van der Waals surface area contributed by atoms with Gasteiger partial charge in [0.25, 0.3) is 0 Å². The van der Waals surface area contributed by atoms with E-state index < -0.39 is 5.97 Å². The number of fused-ring (bicyclic) bond motifs is 1. The van der Waals surface area contributed by atoms with Gasteiger partial charge in [0.05, 0.1) is 17.8 Å². The molecule has 5 heteroatoms. The second kappa shape index (κ2) is 3.90. The molecule has 0 aliphatic carbocycles. The highest BCUT2D eigenvalue weighted by atomic mass is 79.9. The molecule has 0 amide bonds. The number of aliphatic carboxylic acids is 1. The van der Waals surface area contributed by atoms with Crippen LogP contribution in [-0.4, -0.2) is 20.5 Å². The van der Waals surface area contributed by atoms with Crippen LogP contribution in [0.3, 0.4) is 0 Å². The maximum Gasteiger partial charge on any atom is 0.309 e. The van der Waals surface area contributed by atoms with Crippen LogP contribution in [0, 0.1) is 13.8 Å². The monoisotopic (exact) mass is 282 g/mol. The lowest BCUT2D eigenvalue weighted by atomic mass is 10.2. The SMILES string of the molecule is Cc1cc2nc(C)c(CC(=O)O)n2cc1Br. The molecule has 0 unspecified atom stereocenters. The topological polar surface area (TPSA) is 54.6 Å². The average molecular weight is 283 g/mol.